The molecule has 0 atom stereocenters. The van der Waals surface area contributed by atoms with Crippen LogP contribution in [0.15, 0.2) is 42.6 Å². The quantitative estimate of drug-likeness (QED) is 0.509. The summed E-state index contributed by atoms with van der Waals surface area (Å²) in [6, 6.07) is 13.5. The average Bonchev–Trinajstić information content (AvgIpc) is 2.55. The van der Waals surface area contributed by atoms with E-state index in [-0.39, 0.29) is 0 Å². The Morgan fingerprint density at radius 3 is 2.50 bits per heavy atom. The van der Waals surface area contributed by atoms with Crippen molar-refractivity contribution in [2.24, 2.45) is 0 Å². The molecule has 1 heterocycles. The topological polar surface area (TPSA) is 12.9 Å². The van der Waals surface area contributed by atoms with E-state index in [1.165, 1.54) is 41.8 Å². The minimum absolute atomic E-state index is 0.792. The highest BCUT2D eigenvalue weighted by Crippen LogP contribution is 2.51. The summed E-state index contributed by atoms with van der Waals surface area (Å²) >= 11 is 0. The highest BCUT2D eigenvalue weighted by Gasteiger charge is 2.33. The second-order valence-electron chi connectivity index (χ2n) is 6.35. The second kappa shape index (κ2) is 3.82. The number of benzene rings is 2. The van der Waals surface area contributed by atoms with Crippen molar-refractivity contribution in [3.63, 3.8) is 0 Å². The van der Waals surface area contributed by atoms with Crippen LogP contribution in [0.3, 0.4) is 0 Å². The molecule has 0 radical (unpaired) electrons. The standard InChI is InChI=1S/C19H17N/c1-2-14-7-8-16-17(19(14)20-11-1)10-9-15-12-3-5-13(6-4-12)18(15)16/h1-2,7-13H,3-6H2. The van der Waals surface area contributed by atoms with Gasteiger partial charge in [0.1, 0.15) is 0 Å². The third-order valence-electron chi connectivity index (χ3n) is 5.42. The number of fused-ring (bicyclic) bond motifs is 5. The van der Waals surface area contributed by atoms with Crippen LogP contribution in [0.2, 0.25) is 0 Å². The molecule has 1 heteroatoms. The minimum Gasteiger partial charge on any atom is -0.256 e. The van der Waals surface area contributed by atoms with Crippen LogP contribution in [0.1, 0.15) is 48.6 Å². The van der Waals surface area contributed by atoms with Crippen molar-refractivity contribution in [3.05, 3.63) is 53.7 Å². The van der Waals surface area contributed by atoms with Gasteiger partial charge in [0.15, 0.2) is 0 Å². The van der Waals surface area contributed by atoms with Crippen LogP contribution >= 0.6 is 0 Å². The zero-order chi connectivity index (χ0) is 13.1. The van der Waals surface area contributed by atoms with Crippen LogP contribution in [0.4, 0.5) is 0 Å². The first-order chi connectivity index (χ1) is 9.92. The fourth-order valence-electron chi connectivity index (χ4n) is 4.49. The van der Waals surface area contributed by atoms with E-state index < -0.39 is 0 Å². The van der Waals surface area contributed by atoms with E-state index in [1.807, 2.05) is 12.3 Å². The smallest absolute Gasteiger partial charge is 0.0780 e. The van der Waals surface area contributed by atoms with E-state index >= 15 is 0 Å². The van der Waals surface area contributed by atoms with Gasteiger partial charge in [-0.1, -0.05) is 30.3 Å². The summed E-state index contributed by atoms with van der Waals surface area (Å²) in [6.07, 6.45) is 7.48. The Hall–Kier alpha value is -1.89. The highest BCUT2D eigenvalue weighted by atomic mass is 14.6. The van der Waals surface area contributed by atoms with E-state index in [0.29, 0.717) is 0 Å². The van der Waals surface area contributed by atoms with Crippen LogP contribution < -0.4 is 0 Å². The summed E-state index contributed by atoms with van der Waals surface area (Å²) in [7, 11) is 0. The first-order valence-electron chi connectivity index (χ1n) is 7.72. The zero-order valence-corrected chi connectivity index (χ0v) is 11.5. The Kier molecular flexibility index (Phi) is 2.07. The monoisotopic (exact) mass is 259 g/mol. The lowest BCUT2D eigenvalue weighted by Crippen LogP contribution is -2.21. The summed E-state index contributed by atoms with van der Waals surface area (Å²) in [5.41, 5.74) is 4.45. The van der Waals surface area contributed by atoms with Crippen LogP contribution in [-0.4, -0.2) is 4.98 Å². The molecule has 2 bridgehead atoms. The summed E-state index contributed by atoms with van der Waals surface area (Å²) < 4.78 is 0. The highest BCUT2D eigenvalue weighted by molar-refractivity contribution is 6.06. The molecule has 1 aromatic heterocycles. The van der Waals surface area contributed by atoms with Crippen molar-refractivity contribution in [1.29, 1.82) is 0 Å². The molecule has 1 nitrogen and oxygen atoms in total. The number of aromatic nitrogens is 1. The van der Waals surface area contributed by atoms with Gasteiger partial charge in [-0.15, -0.1) is 0 Å². The van der Waals surface area contributed by atoms with Gasteiger partial charge in [-0.05, 0) is 60.1 Å². The van der Waals surface area contributed by atoms with Crippen molar-refractivity contribution < 1.29 is 0 Å². The predicted molar refractivity (Wildman–Crippen MR) is 83.2 cm³/mol. The van der Waals surface area contributed by atoms with E-state index in [1.54, 1.807) is 11.1 Å². The van der Waals surface area contributed by atoms with Gasteiger partial charge in [-0.2, -0.15) is 0 Å². The van der Waals surface area contributed by atoms with Crippen molar-refractivity contribution in [2.75, 3.05) is 0 Å². The molecule has 1 saturated carbocycles. The molecule has 0 aliphatic heterocycles. The first-order valence-corrected chi connectivity index (χ1v) is 7.72. The van der Waals surface area contributed by atoms with Crippen molar-refractivity contribution in [3.8, 4) is 0 Å². The minimum atomic E-state index is 0.792. The molecule has 0 N–H and O–H groups in total. The third kappa shape index (κ3) is 1.30. The van der Waals surface area contributed by atoms with Crippen LogP contribution in [0.5, 0.6) is 0 Å². The SMILES string of the molecule is c1cnc2c(c1)ccc1c3c(ccc12)C1CCC3CC1. The number of rotatable bonds is 0. The molecule has 2 aromatic carbocycles. The maximum atomic E-state index is 4.62. The number of pyridine rings is 1. The normalized spacial score (nSPS) is 24.2. The molecule has 0 saturated heterocycles. The van der Waals surface area contributed by atoms with Gasteiger partial charge in [0.25, 0.3) is 0 Å². The number of hydrogen-bond donors (Lipinski definition) is 0. The van der Waals surface area contributed by atoms with Crippen LogP contribution in [0.25, 0.3) is 21.7 Å². The molecule has 20 heavy (non-hydrogen) atoms. The lowest BCUT2D eigenvalue weighted by atomic mass is 9.66. The summed E-state index contributed by atoms with van der Waals surface area (Å²) in [5.74, 6) is 1.61. The summed E-state index contributed by atoms with van der Waals surface area (Å²) in [5, 5.41) is 4.05. The summed E-state index contributed by atoms with van der Waals surface area (Å²) in [6.45, 7) is 0. The van der Waals surface area contributed by atoms with Crippen molar-refractivity contribution in [1.82, 2.24) is 4.98 Å². The number of hydrogen-bond acceptors (Lipinski definition) is 1. The van der Waals surface area contributed by atoms with Gasteiger partial charge >= 0.3 is 0 Å². The van der Waals surface area contributed by atoms with Crippen LogP contribution in [0, 0.1) is 0 Å². The van der Waals surface area contributed by atoms with Gasteiger partial charge in [0.05, 0.1) is 5.52 Å². The van der Waals surface area contributed by atoms with Gasteiger partial charge in [0.2, 0.25) is 0 Å². The zero-order valence-electron chi connectivity index (χ0n) is 11.5. The lowest BCUT2D eigenvalue weighted by Gasteiger charge is -2.39. The molecule has 3 aliphatic rings. The molecular weight excluding hydrogens is 242 g/mol. The Morgan fingerprint density at radius 1 is 0.800 bits per heavy atom. The maximum absolute atomic E-state index is 4.62. The molecule has 1 fully saturated rings. The maximum Gasteiger partial charge on any atom is 0.0780 e. The van der Waals surface area contributed by atoms with E-state index in [0.717, 1.165) is 17.4 Å². The summed E-state index contributed by atoms with van der Waals surface area (Å²) in [4.78, 5) is 4.62. The molecule has 6 rings (SSSR count). The molecule has 0 spiro atoms. The Bertz CT molecular complexity index is 826. The van der Waals surface area contributed by atoms with Crippen molar-refractivity contribution in [2.45, 2.75) is 37.5 Å². The van der Waals surface area contributed by atoms with Gasteiger partial charge in [-0.3, -0.25) is 4.98 Å². The third-order valence-corrected chi connectivity index (χ3v) is 5.42. The fourth-order valence-corrected chi connectivity index (χ4v) is 4.49. The molecule has 98 valence electrons. The van der Waals surface area contributed by atoms with Crippen molar-refractivity contribution >= 4 is 21.7 Å². The molecular formula is C19H17N. The largest absolute Gasteiger partial charge is 0.256 e. The average molecular weight is 259 g/mol. The van der Waals surface area contributed by atoms with Gasteiger partial charge in [0, 0.05) is 17.0 Å². The van der Waals surface area contributed by atoms with E-state index in [2.05, 4.69) is 35.3 Å². The first kappa shape index (κ1) is 10.8. The van der Waals surface area contributed by atoms with Crippen LogP contribution in [-0.2, 0) is 0 Å². The molecule has 3 aliphatic carbocycles. The molecule has 3 aromatic rings. The molecule has 0 amide bonds. The Balaban J connectivity index is 1.93. The molecule has 0 unspecified atom stereocenters. The number of nitrogens with zero attached hydrogens (tertiary/aromatic N) is 1. The Morgan fingerprint density at radius 2 is 1.60 bits per heavy atom. The predicted octanol–water partition coefficient (Wildman–Crippen LogP) is 5.14. The van der Waals surface area contributed by atoms with E-state index in [4.69, 9.17) is 0 Å². The van der Waals surface area contributed by atoms with Gasteiger partial charge in [-0.25, -0.2) is 0 Å². The van der Waals surface area contributed by atoms with E-state index in [9.17, 15) is 0 Å². The fraction of sp³-hybridized carbons (Fsp3) is 0.316. The lowest BCUT2D eigenvalue weighted by molar-refractivity contribution is 0.361. The van der Waals surface area contributed by atoms with Gasteiger partial charge < -0.3 is 0 Å². The Labute approximate surface area is 118 Å². The second-order valence-corrected chi connectivity index (χ2v) is 6.35.